The molecule has 0 radical (unpaired) electrons. The van der Waals surface area contributed by atoms with E-state index in [1.807, 2.05) is 4.90 Å². The molecule has 2 bridgehead atoms. The van der Waals surface area contributed by atoms with Crippen LogP contribution in [-0.2, 0) is 9.59 Å². The van der Waals surface area contributed by atoms with E-state index in [1.165, 1.54) is 4.90 Å². The second-order valence-electron chi connectivity index (χ2n) is 8.15. The summed E-state index contributed by atoms with van der Waals surface area (Å²) in [6.07, 6.45) is 2.13. The Balaban J connectivity index is 1.77. The van der Waals surface area contributed by atoms with Gasteiger partial charge in [0, 0.05) is 11.8 Å². The van der Waals surface area contributed by atoms with Gasteiger partial charge in [0.15, 0.2) is 0 Å². The molecule has 1 aliphatic heterocycles. The van der Waals surface area contributed by atoms with E-state index >= 15 is 0 Å². The maximum atomic E-state index is 13.3. The first-order chi connectivity index (χ1) is 10.3. The molecule has 5 nitrogen and oxygen atoms in total. The van der Waals surface area contributed by atoms with Crippen molar-refractivity contribution in [2.24, 2.45) is 16.2 Å². The molecule has 0 unspecified atom stereocenters. The van der Waals surface area contributed by atoms with Gasteiger partial charge in [0.05, 0.1) is 38.2 Å². The first-order valence-electron chi connectivity index (χ1n) is 8.56. The van der Waals surface area contributed by atoms with Gasteiger partial charge in [0.2, 0.25) is 5.91 Å². The Morgan fingerprint density at radius 3 is 2.32 bits per heavy atom. The lowest BCUT2D eigenvalue weighted by atomic mass is 9.64. The molecule has 2 aliphatic carbocycles. The van der Waals surface area contributed by atoms with Gasteiger partial charge in [-0.15, -0.1) is 0 Å². The molecule has 3 fully saturated rings. The standard InChI is InChI=1S/C17H28N2O3/c1-15(2)16(3)4-5-17(15,12-13(16)21)14(22)19-8-6-18(7-9-19)10-11-20/h20H,4-12H2,1-3H3/p+1/t16-,17+/m1/s1. The number of amides is 1. The summed E-state index contributed by atoms with van der Waals surface area (Å²) < 4.78 is 0. The summed E-state index contributed by atoms with van der Waals surface area (Å²) in [4.78, 5) is 29.1. The molecule has 0 aromatic rings. The highest BCUT2D eigenvalue weighted by atomic mass is 16.3. The van der Waals surface area contributed by atoms with Gasteiger partial charge >= 0.3 is 0 Å². The fourth-order valence-corrected chi connectivity index (χ4v) is 5.07. The van der Waals surface area contributed by atoms with Gasteiger partial charge in [-0.1, -0.05) is 20.8 Å². The van der Waals surface area contributed by atoms with E-state index in [-0.39, 0.29) is 29.1 Å². The number of nitrogens with zero attached hydrogens (tertiary/aromatic N) is 1. The van der Waals surface area contributed by atoms with Crippen molar-refractivity contribution in [2.75, 3.05) is 39.3 Å². The highest BCUT2D eigenvalue weighted by molar-refractivity contribution is 5.99. The van der Waals surface area contributed by atoms with E-state index < -0.39 is 5.41 Å². The van der Waals surface area contributed by atoms with Gasteiger partial charge in [0.25, 0.3) is 0 Å². The van der Waals surface area contributed by atoms with Crippen LogP contribution in [0.5, 0.6) is 0 Å². The van der Waals surface area contributed by atoms with Crippen LogP contribution in [0.25, 0.3) is 0 Å². The number of carbonyl (C=O) groups excluding carboxylic acids is 2. The highest BCUT2D eigenvalue weighted by Gasteiger charge is 2.73. The number of hydrogen-bond donors (Lipinski definition) is 2. The van der Waals surface area contributed by atoms with Crippen molar-refractivity contribution >= 4 is 11.7 Å². The van der Waals surface area contributed by atoms with E-state index in [4.69, 9.17) is 5.11 Å². The average Bonchev–Trinajstić information content (AvgIpc) is 2.78. The Hall–Kier alpha value is -0.940. The Kier molecular flexibility index (Phi) is 3.64. The van der Waals surface area contributed by atoms with Gasteiger partial charge in [-0.25, -0.2) is 0 Å². The van der Waals surface area contributed by atoms with Gasteiger partial charge in [0.1, 0.15) is 12.3 Å². The zero-order chi connectivity index (χ0) is 16.2. The van der Waals surface area contributed by atoms with Crippen LogP contribution in [0.4, 0.5) is 0 Å². The third-order valence-electron chi connectivity index (χ3n) is 7.34. The molecule has 0 aromatic carbocycles. The van der Waals surface area contributed by atoms with Crippen LogP contribution in [0, 0.1) is 16.2 Å². The maximum Gasteiger partial charge on any atom is 0.230 e. The summed E-state index contributed by atoms with van der Waals surface area (Å²) in [6, 6.07) is 0. The van der Waals surface area contributed by atoms with E-state index in [0.717, 1.165) is 45.6 Å². The molecule has 1 saturated heterocycles. The molecular formula is C17H29N2O3+. The Labute approximate surface area is 132 Å². The smallest absolute Gasteiger partial charge is 0.230 e. The van der Waals surface area contributed by atoms with E-state index in [0.29, 0.717) is 6.42 Å². The van der Waals surface area contributed by atoms with E-state index in [9.17, 15) is 9.59 Å². The lowest BCUT2D eigenvalue weighted by Crippen LogP contribution is -3.15. The Bertz CT molecular complexity index is 496. The fraction of sp³-hybridized carbons (Fsp3) is 0.882. The number of aliphatic hydroxyl groups is 1. The predicted octanol–water partition coefficient (Wildman–Crippen LogP) is -0.509. The first kappa shape index (κ1) is 15.9. The fourth-order valence-electron chi connectivity index (χ4n) is 5.07. The van der Waals surface area contributed by atoms with Crippen LogP contribution in [0.3, 0.4) is 0 Å². The van der Waals surface area contributed by atoms with Crippen LogP contribution in [0.1, 0.15) is 40.0 Å². The summed E-state index contributed by atoms with van der Waals surface area (Å²) in [5, 5.41) is 9.04. The quantitative estimate of drug-likeness (QED) is 0.738. The van der Waals surface area contributed by atoms with Crippen molar-refractivity contribution in [3.05, 3.63) is 0 Å². The number of piperazine rings is 1. The zero-order valence-corrected chi connectivity index (χ0v) is 14.1. The van der Waals surface area contributed by atoms with Crippen LogP contribution in [-0.4, -0.2) is 61.0 Å². The SMILES string of the molecule is CC1(C)[C@@]2(C(=O)N3CC[NH+](CCO)CC3)CC[C@]1(C)C(=O)C2. The maximum absolute atomic E-state index is 13.3. The first-order valence-corrected chi connectivity index (χ1v) is 8.56. The molecule has 5 heteroatoms. The molecule has 1 heterocycles. The summed E-state index contributed by atoms with van der Waals surface area (Å²) in [6.45, 7) is 10.5. The van der Waals surface area contributed by atoms with Gasteiger partial charge in [-0.2, -0.15) is 0 Å². The minimum Gasteiger partial charge on any atom is -0.391 e. The molecular weight excluding hydrogens is 280 g/mol. The number of carbonyl (C=O) groups is 2. The number of Topliss-reactive ketones (excluding diaryl/α,β-unsaturated/α-hetero) is 1. The van der Waals surface area contributed by atoms with Crippen molar-refractivity contribution in [1.82, 2.24) is 4.90 Å². The summed E-state index contributed by atoms with van der Waals surface area (Å²) in [7, 11) is 0. The lowest BCUT2D eigenvalue weighted by Gasteiger charge is -2.43. The van der Waals surface area contributed by atoms with Gasteiger partial charge in [-0.05, 0) is 18.3 Å². The molecule has 22 heavy (non-hydrogen) atoms. The normalized spacial score (nSPS) is 37.8. The van der Waals surface area contributed by atoms with Gasteiger partial charge in [-0.3, -0.25) is 9.59 Å². The summed E-state index contributed by atoms with van der Waals surface area (Å²) in [5.74, 6) is 0.483. The van der Waals surface area contributed by atoms with Crippen LogP contribution in [0.2, 0.25) is 0 Å². The highest BCUT2D eigenvalue weighted by Crippen LogP contribution is 2.70. The lowest BCUT2D eigenvalue weighted by molar-refractivity contribution is -0.904. The van der Waals surface area contributed by atoms with Crippen molar-refractivity contribution in [2.45, 2.75) is 40.0 Å². The minimum atomic E-state index is -0.479. The average molecular weight is 309 g/mol. The number of quaternary nitrogens is 1. The van der Waals surface area contributed by atoms with Crippen LogP contribution in [0.15, 0.2) is 0 Å². The minimum absolute atomic E-state index is 0.201. The molecule has 1 amide bonds. The third kappa shape index (κ3) is 1.84. The van der Waals surface area contributed by atoms with Crippen molar-refractivity contribution in [3.8, 4) is 0 Å². The predicted molar refractivity (Wildman–Crippen MR) is 82.4 cm³/mol. The monoisotopic (exact) mass is 309 g/mol. The molecule has 3 rings (SSSR count). The largest absolute Gasteiger partial charge is 0.391 e. The summed E-state index contributed by atoms with van der Waals surface area (Å²) >= 11 is 0. The molecule has 0 spiro atoms. The van der Waals surface area contributed by atoms with E-state index in [1.54, 1.807) is 0 Å². The number of fused-ring (bicyclic) bond motifs is 2. The van der Waals surface area contributed by atoms with Crippen LogP contribution >= 0.6 is 0 Å². The second kappa shape index (κ2) is 5.03. The third-order valence-corrected chi connectivity index (χ3v) is 7.34. The van der Waals surface area contributed by atoms with Gasteiger partial charge < -0.3 is 14.9 Å². The molecule has 2 atom stereocenters. The van der Waals surface area contributed by atoms with Crippen molar-refractivity contribution in [1.29, 1.82) is 0 Å². The van der Waals surface area contributed by atoms with Crippen LogP contribution < -0.4 is 4.90 Å². The molecule has 2 N–H and O–H groups in total. The molecule has 124 valence electrons. The number of nitrogens with one attached hydrogen (secondary N) is 1. The molecule has 3 aliphatic rings. The van der Waals surface area contributed by atoms with Crippen molar-refractivity contribution in [3.63, 3.8) is 0 Å². The Morgan fingerprint density at radius 2 is 1.86 bits per heavy atom. The molecule has 2 saturated carbocycles. The van der Waals surface area contributed by atoms with Crippen molar-refractivity contribution < 1.29 is 19.6 Å². The van der Waals surface area contributed by atoms with E-state index in [2.05, 4.69) is 20.8 Å². The topological polar surface area (TPSA) is 62.1 Å². The zero-order valence-electron chi connectivity index (χ0n) is 14.1. The number of rotatable bonds is 3. The molecule has 0 aromatic heterocycles. The summed E-state index contributed by atoms with van der Waals surface area (Å²) in [5.41, 5.74) is -1.05. The number of hydrogen-bond acceptors (Lipinski definition) is 3. The number of aliphatic hydroxyl groups excluding tert-OH is 1. The number of ketones is 1. The Morgan fingerprint density at radius 1 is 1.23 bits per heavy atom. The second-order valence-corrected chi connectivity index (χ2v) is 8.15.